The molecule has 2 unspecified atom stereocenters. The molecule has 3 fully saturated rings. The molecule has 2 aromatic carbocycles. The lowest BCUT2D eigenvalue weighted by atomic mass is 10.1. The standard InChI is InChI=1S/C21H28N2O4.C19H28N2O4.C13H22N2O2.C3H2O.2CH4.ClH/c1-15-18(27-21(2,3)4)12-19(24)23(15)17-10-11-22(13-17)20(25)26-14-16-8-6-5-7-9-16;1-14(17(22)25-19(2,3)4)20-16-10-11-21(12-16)18(23)24-13-15-8-6-5-7-9-15;1-9-11(17-13(2,3)4)7-12(16)15(9)10-5-6-14-8-10;1-2-3-4;;;/h5-9,12,15,17H,10-11,13-14H2,1-4H3;5-9,14,16,20H,10-13H2,1-4H3;7,9-10,14H,5-6,8H2,1-4H3;1H2;2*1H4;1H/t15-,17?;14-,16-;9-,10?;;;;/m000..../s1. The van der Waals surface area contributed by atoms with Crippen molar-refractivity contribution in [1.82, 2.24) is 30.2 Å². The van der Waals surface area contributed by atoms with Crippen LogP contribution in [0.2, 0.25) is 0 Å². The first kappa shape index (κ1) is 67.9. The van der Waals surface area contributed by atoms with E-state index >= 15 is 0 Å². The molecule has 0 bridgehead atoms. The van der Waals surface area contributed by atoms with Gasteiger partial charge in [-0.3, -0.25) is 19.7 Å². The lowest BCUT2D eigenvalue weighted by molar-refractivity contribution is -0.157. The molecular formula is C58H89ClN6O11. The number of amides is 4. The Morgan fingerprint density at radius 2 is 1.13 bits per heavy atom. The Labute approximate surface area is 459 Å². The zero-order chi connectivity index (χ0) is 54.1. The molecule has 2 N–H and O–H groups in total. The van der Waals surface area contributed by atoms with Gasteiger partial charge in [-0.05, 0) is 132 Å². The first-order valence-corrected chi connectivity index (χ1v) is 25.2. The summed E-state index contributed by atoms with van der Waals surface area (Å²) in [6.07, 6.45) is 5.13. The largest absolute Gasteiger partial charge is 0.490 e. The van der Waals surface area contributed by atoms with E-state index in [2.05, 4.69) is 17.2 Å². The summed E-state index contributed by atoms with van der Waals surface area (Å²) in [5.74, 6) is 2.57. The normalized spacial score (nSPS) is 21.1. The lowest BCUT2D eigenvalue weighted by Crippen LogP contribution is -2.45. The molecule has 5 heterocycles. The zero-order valence-corrected chi connectivity index (χ0v) is 46.4. The highest BCUT2D eigenvalue weighted by Crippen LogP contribution is 2.31. The van der Waals surface area contributed by atoms with E-state index < -0.39 is 11.6 Å². The summed E-state index contributed by atoms with van der Waals surface area (Å²) >= 11 is 0. The maximum absolute atomic E-state index is 12.5. The van der Waals surface area contributed by atoms with E-state index in [0.29, 0.717) is 38.0 Å². The van der Waals surface area contributed by atoms with Gasteiger partial charge in [0, 0.05) is 57.0 Å². The van der Waals surface area contributed by atoms with Gasteiger partial charge >= 0.3 is 18.2 Å². The number of halogens is 1. The van der Waals surface area contributed by atoms with Gasteiger partial charge in [0.15, 0.2) is 5.94 Å². The number of likely N-dealkylation sites (tertiary alicyclic amines) is 2. The van der Waals surface area contributed by atoms with Crippen LogP contribution in [0.5, 0.6) is 0 Å². The minimum atomic E-state index is -0.504. The minimum absolute atomic E-state index is 0. The Morgan fingerprint density at radius 1 is 0.697 bits per heavy atom. The second kappa shape index (κ2) is 31.2. The van der Waals surface area contributed by atoms with Crippen molar-refractivity contribution in [3.8, 4) is 0 Å². The Balaban J connectivity index is 0.000000550. The average Bonchev–Trinajstić information content (AvgIpc) is 4.19. The molecule has 0 saturated carbocycles. The van der Waals surface area contributed by atoms with Gasteiger partial charge < -0.3 is 48.6 Å². The van der Waals surface area contributed by atoms with Crippen molar-refractivity contribution < 1.29 is 52.5 Å². The fraction of sp³-hybridized carbons (Fsp3) is 0.586. The fourth-order valence-corrected chi connectivity index (χ4v) is 8.73. The van der Waals surface area contributed by atoms with Crippen LogP contribution in [0.15, 0.2) is 96.6 Å². The Bertz CT molecular complexity index is 2280. The first-order valence-electron chi connectivity index (χ1n) is 25.2. The number of carbonyl (C=O) groups is 5. The topological polar surface area (TPSA) is 186 Å². The number of rotatable bonds is 11. The highest BCUT2D eigenvalue weighted by Gasteiger charge is 2.42. The van der Waals surface area contributed by atoms with Crippen molar-refractivity contribution in [2.45, 2.75) is 183 Å². The third kappa shape index (κ3) is 22.2. The molecule has 3 saturated heterocycles. The van der Waals surface area contributed by atoms with E-state index in [0.717, 1.165) is 49.2 Å². The maximum Gasteiger partial charge on any atom is 0.410 e. The summed E-state index contributed by atoms with van der Waals surface area (Å²) in [4.78, 5) is 77.0. The highest BCUT2D eigenvalue weighted by atomic mass is 35.5. The van der Waals surface area contributed by atoms with Crippen molar-refractivity contribution in [3.05, 3.63) is 108 Å². The number of nitrogens with one attached hydrogen (secondary N) is 2. The summed E-state index contributed by atoms with van der Waals surface area (Å²) in [7, 11) is 0. The second-order valence-corrected chi connectivity index (χ2v) is 21.6. The second-order valence-electron chi connectivity index (χ2n) is 21.6. The molecule has 0 radical (unpaired) electrons. The van der Waals surface area contributed by atoms with E-state index in [9.17, 15) is 24.0 Å². The number of esters is 1. The minimum Gasteiger partial charge on any atom is -0.490 e. The number of nitrogens with zero attached hydrogens (tertiary/aromatic N) is 4. The van der Waals surface area contributed by atoms with Gasteiger partial charge in [0.05, 0.1) is 18.1 Å². The summed E-state index contributed by atoms with van der Waals surface area (Å²) in [6, 6.07) is 19.1. The predicted octanol–water partition coefficient (Wildman–Crippen LogP) is 9.18. The quantitative estimate of drug-likeness (QED) is 0.0940. The van der Waals surface area contributed by atoms with Crippen LogP contribution in [0.3, 0.4) is 0 Å². The zero-order valence-electron chi connectivity index (χ0n) is 45.6. The van der Waals surface area contributed by atoms with Gasteiger partial charge in [0.25, 0.3) is 11.8 Å². The predicted molar refractivity (Wildman–Crippen MR) is 299 cm³/mol. The average molecular weight is 1080 g/mol. The third-order valence-electron chi connectivity index (χ3n) is 12.0. The molecule has 76 heavy (non-hydrogen) atoms. The van der Waals surface area contributed by atoms with E-state index in [1.807, 2.05) is 152 Å². The van der Waals surface area contributed by atoms with E-state index in [-0.39, 0.29) is 106 Å². The van der Waals surface area contributed by atoms with Gasteiger partial charge in [-0.1, -0.05) is 75.5 Å². The van der Waals surface area contributed by atoms with Crippen molar-refractivity contribution in [3.63, 3.8) is 0 Å². The molecule has 2 aromatic rings. The van der Waals surface area contributed by atoms with Crippen LogP contribution in [-0.4, -0.2) is 148 Å². The molecule has 0 spiro atoms. The van der Waals surface area contributed by atoms with Crippen molar-refractivity contribution >= 4 is 48.3 Å². The molecule has 17 nitrogen and oxygen atoms in total. The highest BCUT2D eigenvalue weighted by molar-refractivity contribution is 5.92. The number of carbonyl (C=O) groups excluding carboxylic acids is 6. The Morgan fingerprint density at radius 3 is 1.54 bits per heavy atom. The van der Waals surface area contributed by atoms with Crippen LogP contribution in [0.25, 0.3) is 0 Å². The van der Waals surface area contributed by atoms with Crippen LogP contribution >= 0.6 is 12.4 Å². The van der Waals surface area contributed by atoms with Crippen LogP contribution in [-0.2, 0) is 56.1 Å². The monoisotopic (exact) mass is 1080 g/mol. The van der Waals surface area contributed by atoms with Crippen molar-refractivity contribution in [1.29, 1.82) is 0 Å². The van der Waals surface area contributed by atoms with Crippen molar-refractivity contribution in [2.24, 2.45) is 0 Å². The van der Waals surface area contributed by atoms with Crippen molar-refractivity contribution in [2.75, 3.05) is 39.3 Å². The van der Waals surface area contributed by atoms with Gasteiger partial charge in [0.2, 0.25) is 0 Å². The van der Waals surface area contributed by atoms with Crippen LogP contribution in [0.4, 0.5) is 9.59 Å². The smallest absolute Gasteiger partial charge is 0.410 e. The van der Waals surface area contributed by atoms with Gasteiger partial charge in [-0.25, -0.2) is 14.4 Å². The third-order valence-corrected chi connectivity index (χ3v) is 12.0. The summed E-state index contributed by atoms with van der Waals surface area (Å²) in [5, 5.41) is 6.53. The van der Waals surface area contributed by atoms with Crippen LogP contribution in [0, 0.1) is 0 Å². The summed E-state index contributed by atoms with van der Waals surface area (Å²) in [5.41, 5.74) is 2.70. The first-order chi connectivity index (χ1) is 34.3. The molecule has 0 aromatic heterocycles. The molecule has 0 aliphatic carbocycles. The Kier molecular flexibility index (Phi) is 27.9. The van der Waals surface area contributed by atoms with E-state index in [1.54, 1.807) is 28.9 Å². The van der Waals surface area contributed by atoms with E-state index in [1.165, 1.54) is 5.94 Å². The fourth-order valence-electron chi connectivity index (χ4n) is 8.73. The van der Waals surface area contributed by atoms with E-state index in [4.69, 9.17) is 28.5 Å². The molecule has 424 valence electrons. The van der Waals surface area contributed by atoms with Gasteiger partial charge in [-0.2, -0.15) is 0 Å². The lowest BCUT2D eigenvalue weighted by Gasteiger charge is -2.32. The number of benzene rings is 2. The van der Waals surface area contributed by atoms with Crippen LogP contribution in [0.1, 0.15) is 128 Å². The molecule has 6 atom stereocenters. The van der Waals surface area contributed by atoms with Gasteiger partial charge in [0.1, 0.15) is 47.6 Å². The molecule has 7 rings (SSSR count). The summed E-state index contributed by atoms with van der Waals surface area (Å²) in [6.45, 7) is 30.8. The molecule has 18 heteroatoms. The molecule has 4 amide bonds. The SMILES string of the molecule is C.C.C=C=C=O.C[C@H](N[C@H]1CCN(C(=O)OCc2ccccc2)C1)C(=O)OC(C)(C)C.C[C@H]1C(OC(C)(C)C)=CC(=O)N1C1CCN(C(=O)OCc2ccccc2)C1.C[C@H]1C(OC(C)(C)C)=CC(=O)N1C1CCNC1.Cl. The molecule has 5 aliphatic heterocycles. The molecule has 5 aliphatic rings. The number of ether oxygens (including phenoxy) is 5. The molecular weight excluding hydrogens is 992 g/mol. The summed E-state index contributed by atoms with van der Waals surface area (Å²) < 4.78 is 27.9. The number of hydrogen-bond donors (Lipinski definition) is 2. The van der Waals surface area contributed by atoms with Crippen LogP contribution < -0.4 is 10.6 Å². The maximum atomic E-state index is 12.5. The number of hydrogen-bond acceptors (Lipinski definition) is 13. The Hall–Kier alpha value is -6.09. The van der Waals surface area contributed by atoms with Gasteiger partial charge in [-0.15, -0.1) is 12.4 Å².